The first kappa shape index (κ1) is 22.8. The molecule has 1 atom stereocenters. The second-order valence-corrected chi connectivity index (χ2v) is 8.19. The lowest BCUT2D eigenvalue weighted by Gasteiger charge is -2.16. The van der Waals surface area contributed by atoms with E-state index in [2.05, 4.69) is 10.2 Å². The molecule has 0 N–H and O–H groups in total. The molecular weight excluding hydrogens is 458 g/mol. The third-order valence-electron chi connectivity index (χ3n) is 4.24. The molecule has 0 aliphatic rings. The third kappa shape index (κ3) is 5.42. The Kier molecular flexibility index (Phi) is 7.21. The Hall–Kier alpha value is -1.90. The van der Waals surface area contributed by atoms with E-state index in [1.165, 1.54) is 17.8 Å². The standard InChI is InChI=1S/C20H18Cl2F3N3OS/c1-3-28-18(12(2)29-17-10-15(21)7-8-16(17)22)26-27-19(28)30-11-13-5-4-6-14(9-13)20(23,24)25/h4-10,12H,3,11H2,1-2H3. The Labute approximate surface area is 186 Å². The van der Waals surface area contributed by atoms with Crippen molar-refractivity contribution >= 4 is 35.0 Å². The summed E-state index contributed by atoms with van der Waals surface area (Å²) in [5.41, 5.74) is -0.115. The molecule has 1 aromatic heterocycles. The Morgan fingerprint density at radius 1 is 1.13 bits per heavy atom. The average molecular weight is 476 g/mol. The fraction of sp³-hybridized carbons (Fsp3) is 0.300. The van der Waals surface area contributed by atoms with Crippen LogP contribution in [0.4, 0.5) is 13.2 Å². The van der Waals surface area contributed by atoms with E-state index < -0.39 is 17.8 Å². The van der Waals surface area contributed by atoms with Crippen LogP contribution in [0.2, 0.25) is 10.0 Å². The summed E-state index contributed by atoms with van der Waals surface area (Å²) in [7, 11) is 0. The van der Waals surface area contributed by atoms with Gasteiger partial charge in [-0.3, -0.25) is 0 Å². The molecule has 1 heterocycles. The van der Waals surface area contributed by atoms with E-state index in [1.807, 2.05) is 18.4 Å². The van der Waals surface area contributed by atoms with E-state index in [4.69, 9.17) is 27.9 Å². The van der Waals surface area contributed by atoms with Gasteiger partial charge in [-0.25, -0.2) is 0 Å². The molecule has 1 unspecified atom stereocenters. The Bertz CT molecular complexity index is 1030. The second-order valence-electron chi connectivity index (χ2n) is 6.41. The molecule has 0 saturated heterocycles. The maximum absolute atomic E-state index is 12.9. The highest BCUT2D eigenvalue weighted by atomic mass is 35.5. The van der Waals surface area contributed by atoms with E-state index in [0.717, 1.165) is 12.1 Å². The fourth-order valence-electron chi connectivity index (χ4n) is 2.80. The summed E-state index contributed by atoms with van der Waals surface area (Å²) >= 11 is 13.5. The van der Waals surface area contributed by atoms with Gasteiger partial charge in [-0.1, -0.05) is 53.2 Å². The van der Waals surface area contributed by atoms with Crippen molar-refractivity contribution in [3.05, 3.63) is 69.5 Å². The van der Waals surface area contributed by atoms with Crippen LogP contribution in [0, 0.1) is 0 Å². The monoisotopic (exact) mass is 475 g/mol. The number of nitrogens with zero attached hydrogens (tertiary/aromatic N) is 3. The second kappa shape index (κ2) is 9.49. The first-order chi connectivity index (χ1) is 14.2. The van der Waals surface area contributed by atoms with Crippen LogP contribution in [0.5, 0.6) is 5.75 Å². The summed E-state index contributed by atoms with van der Waals surface area (Å²) in [6.07, 6.45) is -4.83. The highest BCUT2D eigenvalue weighted by Gasteiger charge is 2.30. The predicted octanol–water partition coefficient (Wildman–Crippen LogP) is 7.06. The lowest BCUT2D eigenvalue weighted by atomic mass is 10.1. The Balaban J connectivity index is 1.75. The van der Waals surface area contributed by atoms with E-state index >= 15 is 0 Å². The number of rotatable bonds is 7. The minimum Gasteiger partial charge on any atom is -0.481 e. The first-order valence-electron chi connectivity index (χ1n) is 9.02. The normalized spacial score (nSPS) is 12.8. The molecule has 0 radical (unpaired) electrons. The number of aromatic nitrogens is 3. The number of halogens is 5. The molecule has 3 aromatic rings. The number of thioether (sulfide) groups is 1. The Morgan fingerprint density at radius 3 is 2.60 bits per heavy atom. The highest BCUT2D eigenvalue weighted by molar-refractivity contribution is 7.98. The molecule has 0 aliphatic carbocycles. The zero-order valence-electron chi connectivity index (χ0n) is 16.1. The highest BCUT2D eigenvalue weighted by Crippen LogP contribution is 2.33. The van der Waals surface area contributed by atoms with E-state index in [-0.39, 0.29) is 0 Å². The van der Waals surface area contributed by atoms with Crippen molar-refractivity contribution in [2.75, 3.05) is 0 Å². The van der Waals surface area contributed by atoms with Gasteiger partial charge in [0.1, 0.15) is 5.75 Å². The molecule has 0 saturated carbocycles. The van der Waals surface area contributed by atoms with Crippen molar-refractivity contribution in [3.8, 4) is 5.75 Å². The zero-order chi connectivity index (χ0) is 21.9. The van der Waals surface area contributed by atoms with Gasteiger partial charge in [0.2, 0.25) is 0 Å². The molecule has 0 fully saturated rings. The summed E-state index contributed by atoms with van der Waals surface area (Å²) in [5.74, 6) is 1.35. The van der Waals surface area contributed by atoms with Gasteiger partial charge >= 0.3 is 6.18 Å². The van der Waals surface area contributed by atoms with Gasteiger partial charge in [0, 0.05) is 23.4 Å². The van der Waals surface area contributed by atoms with Crippen LogP contribution >= 0.6 is 35.0 Å². The molecule has 30 heavy (non-hydrogen) atoms. The molecule has 10 heteroatoms. The van der Waals surface area contributed by atoms with Gasteiger partial charge < -0.3 is 9.30 Å². The number of alkyl halides is 3. The quantitative estimate of drug-likeness (QED) is 0.343. The minimum atomic E-state index is -4.37. The van der Waals surface area contributed by atoms with Crippen LogP contribution in [0.15, 0.2) is 47.6 Å². The van der Waals surface area contributed by atoms with Crippen molar-refractivity contribution < 1.29 is 17.9 Å². The summed E-state index contributed by atoms with van der Waals surface area (Å²) < 4.78 is 46.5. The summed E-state index contributed by atoms with van der Waals surface area (Å²) in [6.45, 7) is 4.32. The number of ether oxygens (including phenoxy) is 1. The number of benzene rings is 2. The van der Waals surface area contributed by atoms with Crippen LogP contribution < -0.4 is 4.74 Å². The van der Waals surface area contributed by atoms with E-state index in [0.29, 0.717) is 44.6 Å². The van der Waals surface area contributed by atoms with Gasteiger partial charge in [0.05, 0.1) is 10.6 Å². The van der Waals surface area contributed by atoms with Gasteiger partial charge in [-0.05, 0) is 37.6 Å². The molecule has 0 bridgehead atoms. The van der Waals surface area contributed by atoms with Crippen molar-refractivity contribution in [2.45, 2.75) is 43.6 Å². The molecule has 3 rings (SSSR count). The molecule has 0 aliphatic heterocycles. The maximum Gasteiger partial charge on any atom is 0.416 e. The van der Waals surface area contributed by atoms with E-state index in [9.17, 15) is 13.2 Å². The van der Waals surface area contributed by atoms with Crippen molar-refractivity contribution in [1.82, 2.24) is 14.8 Å². The summed E-state index contributed by atoms with van der Waals surface area (Å²) in [4.78, 5) is 0. The van der Waals surface area contributed by atoms with Crippen LogP contribution in [-0.4, -0.2) is 14.8 Å². The van der Waals surface area contributed by atoms with Gasteiger partial charge in [0.25, 0.3) is 0 Å². The van der Waals surface area contributed by atoms with Crippen molar-refractivity contribution in [2.24, 2.45) is 0 Å². The minimum absolute atomic E-state index is 0.331. The molecule has 4 nitrogen and oxygen atoms in total. The molecule has 0 amide bonds. The zero-order valence-corrected chi connectivity index (χ0v) is 18.4. The molecule has 2 aromatic carbocycles. The lowest BCUT2D eigenvalue weighted by molar-refractivity contribution is -0.137. The average Bonchev–Trinajstić information content (AvgIpc) is 3.12. The predicted molar refractivity (Wildman–Crippen MR) is 112 cm³/mol. The first-order valence-corrected chi connectivity index (χ1v) is 10.8. The van der Waals surface area contributed by atoms with Crippen LogP contribution in [0.1, 0.15) is 36.9 Å². The molecular formula is C20H18Cl2F3N3OS. The topological polar surface area (TPSA) is 39.9 Å². The largest absolute Gasteiger partial charge is 0.481 e. The summed E-state index contributed by atoms with van der Waals surface area (Å²) in [6, 6.07) is 10.2. The van der Waals surface area contributed by atoms with Gasteiger partial charge in [0.15, 0.2) is 17.1 Å². The molecule has 0 spiro atoms. The fourth-order valence-corrected chi connectivity index (χ4v) is 4.08. The number of hydrogen-bond acceptors (Lipinski definition) is 4. The Morgan fingerprint density at radius 2 is 1.90 bits per heavy atom. The van der Waals surface area contributed by atoms with Crippen LogP contribution in [0.25, 0.3) is 0 Å². The SMILES string of the molecule is CCn1c(SCc2cccc(C(F)(F)F)c2)nnc1C(C)Oc1cc(Cl)ccc1Cl. The van der Waals surface area contributed by atoms with Gasteiger partial charge in [-0.2, -0.15) is 13.2 Å². The smallest absolute Gasteiger partial charge is 0.416 e. The third-order valence-corrected chi connectivity index (χ3v) is 5.83. The number of hydrogen-bond donors (Lipinski definition) is 0. The molecule has 160 valence electrons. The van der Waals surface area contributed by atoms with Crippen LogP contribution in [-0.2, 0) is 18.5 Å². The summed E-state index contributed by atoms with van der Waals surface area (Å²) in [5, 5.41) is 9.92. The van der Waals surface area contributed by atoms with Crippen LogP contribution in [0.3, 0.4) is 0 Å². The lowest BCUT2D eigenvalue weighted by Crippen LogP contribution is -2.12. The van der Waals surface area contributed by atoms with Gasteiger partial charge in [-0.15, -0.1) is 10.2 Å². The van der Waals surface area contributed by atoms with Crippen molar-refractivity contribution in [3.63, 3.8) is 0 Å². The van der Waals surface area contributed by atoms with Crippen molar-refractivity contribution in [1.29, 1.82) is 0 Å². The maximum atomic E-state index is 12.9. The van der Waals surface area contributed by atoms with E-state index in [1.54, 1.807) is 24.3 Å².